The predicted octanol–water partition coefficient (Wildman–Crippen LogP) is 1.97. The van der Waals surface area contributed by atoms with Crippen molar-refractivity contribution in [2.45, 2.75) is 6.42 Å². The van der Waals surface area contributed by atoms with Crippen molar-refractivity contribution in [3.63, 3.8) is 0 Å². The monoisotopic (exact) mass is 255 g/mol. The third-order valence-electron chi connectivity index (χ3n) is 2.77. The van der Waals surface area contributed by atoms with E-state index in [-0.39, 0.29) is 5.41 Å². The minimum Gasteiger partial charge on any atom is -0.380 e. The summed E-state index contributed by atoms with van der Waals surface area (Å²) < 4.78 is 6.41. The van der Waals surface area contributed by atoms with Crippen LogP contribution in [0.1, 0.15) is 5.56 Å². The van der Waals surface area contributed by atoms with E-state index in [0.29, 0.717) is 6.54 Å². The van der Waals surface area contributed by atoms with Crippen molar-refractivity contribution in [2.24, 2.45) is 11.1 Å². The van der Waals surface area contributed by atoms with Crippen LogP contribution in [0.2, 0.25) is 0 Å². The first-order chi connectivity index (χ1) is 6.76. The van der Waals surface area contributed by atoms with Crippen molar-refractivity contribution in [2.75, 3.05) is 19.8 Å². The Balaban J connectivity index is 2.13. The number of hydrogen-bond acceptors (Lipinski definition) is 2. The molecule has 1 aromatic carbocycles. The van der Waals surface area contributed by atoms with E-state index in [0.717, 1.165) is 19.6 Å². The minimum absolute atomic E-state index is 0.184. The molecule has 0 unspecified atom stereocenters. The van der Waals surface area contributed by atoms with Crippen LogP contribution in [0, 0.1) is 5.41 Å². The van der Waals surface area contributed by atoms with Crippen LogP contribution in [0.25, 0.3) is 0 Å². The molecule has 76 valence electrons. The summed E-state index contributed by atoms with van der Waals surface area (Å²) in [5.74, 6) is 0. The normalized spacial score (nSPS) is 19.0. The quantitative estimate of drug-likeness (QED) is 0.897. The maximum atomic E-state index is 5.77. The van der Waals surface area contributed by atoms with Gasteiger partial charge < -0.3 is 10.5 Å². The van der Waals surface area contributed by atoms with Crippen LogP contribution in [0.4, 0.5) is 0 Å². The fourth-order valence-electron chi connectivity index (χ4n) is 1.73. The van der Waals surface area contributed by atoms with Crippen molar-refractivity contribution in [3.8, 4) is 0 Å². The zero-order chi connectivity index (χ0) is 10.0. The summed E-state index contributed by atoms with van der Waals surface area (Å²) in [5, 5.41) is 0. The lowest BCUT2D eigenvalue weighted by molar-refractivity contribution is -0.106. The SMILES string of the molecule is NCC1(Cc2ccccc2Br)COC1. The molecule has 1 fully saturated rings. The fourth-order valence-corrected chi connectivity index (χ4v) is 2.15. The van der Waals surface area contributed by atoms with Crippen LogP contribution < -0.4 is 5.73 Å². The summed E-state index contributed by atoms with van der Waals surface area (Å²) >= 11 is 3.55. The lowest BCUT2D eigenvalue weighted by atomic mass is 9.80. The maximum Gasteiger partial charge on any atom is 0.0560 e. The Labute approximate surface area is 92.6 Å². The Hall–Kier alpha value is -0.380. The average molecular weight is 256 g/mol. The second-order valence-electron chi connectivity index (χ2n) is 3.97. The van der Waals surface area contributed by atoms with Crippen molar-refractivity contribution in [1.29, 1.82) is 0 Å². The van der Waals surface area contributed by atoms with Gasteiger partial charge in [-0.15, -0.1) is 0 Å². The Bertz CT molecular complexity index is 317. The highest BCUT2D eigenvalue weighted by Crippen LogP contribution is 2.32. The third kappa shape index (κ3) is 1.85. The fraction of sp³-hybridized carbons (Fsp3) is 0.455. The zero-order valence-electron chi connectivity index (χ0n) is 8.00. The second-order valence-corrected chi connectivity index (χ2v) is 4.82. The van der Waals surface area contributed by atoms with Gasteiger partial charge in [-0.3, -0.25) is 0 Å². The van der Waals surface area contributed by atoms with E-state index in [1.165, 1.54) is 10.0 Å². The lowest BCUT2D eigenvalue weighted by Crippen LogP contribution is -2.49. The van der Waals surface area contributed by atoms with Crippen LogP contribution >= 0.6 is 15.9 Å². The van der Waals surface area contributed by atoms with Crippen LogP contribution in [-0.2, 0) is 11.2 Å². The van der Waals surface area contributed by atoms with Crippen LogP contribution in [-0.4, -0.2) is 19.8 Å². The van der Waals surface area contributed by atoms with Gasteiger partial charge in [-0.1, -0.05) is 34.1 Å². The van der Waals surface area contributed by atoms with E-state index in [9.17, 15) is 0 Å². The maximum absolute atomic E-state index is 5.77. The molecule has 1 heterocycles. The second kappa shape index (κ2) is 4.01. The first kappa shape index (κ1) is 10.1. The van der Waals surface area contributed by atoms with Gasteiger partial charge in [0.15, 0.2) is 0 Å². The highest BCUT2D eigenvalue weighted by molar-refractivity contribution is 9.10. The third-order valence-corrected chi connectivity index (χ3v) is 3.55. The molecule has 1 aromatic rings. The van der Waals surface area contributed by atoms with Gasteiger partial charge >= 0.3 is 0 Å². The van der Waals surface area contributed by atoms with Gasteiger partial charge in [-0.2, -0.15) is 0 Å². The van der Waals surface area contributed by atoms with Crippen LogP contribution in [0.5, 0.6) is 0 Å². The highest BCUT2D eigenvalue weighted by atomic mass is 79.9. The van der Waals surface area contributed by atoms with E-state index in [1.54, 1.807) is 0 Å². The Morgan fingerprint density at radius 2 is 2.07 bits per heavy atom. The Kier molecular flexibility index (Phi) is 2.91. The molecule has 1 aliphatic heterocycles. The molecule has 0 aromatic heterocycles. The molecule has 0 aliphatic carbocycles. The van der Waals surface area contributed by atoms with Gasteiger partial charge in [0.1, 0.15) is 0 Å². The average Bonchev–Trinajstić information content (AvgIpc) is 2.14. The summed E-state index contributed by atoms with van der Waals surface area (Å²) in [7, 11) is 0. The van der Waals surface area contributed by atoms with Gasteiger partial charge in [0, 0.05) is 16.4 Å². The van der Waals surface area contributed by atoms with Gasteiger partial charge in [0.05, 0.1) is 13.2 Å². The molecule has 0 spiro atoms. The number of hydrogen-bond donors (Lipinski definition) is 1. The summed E-state index contributed by atoms with van der Waals surface area (Å²) in [5.41, 5.74) is 7.28. The highest BCUT2D eigenvalue weighted by Gasteiger charge is 2.37. The molecule has 0 saturated carbocycles. The standard InChI is InChI=1S/C11H14BrNO/c12-10-4-2-1-3-9(10)5-11(6-13)7-14-8-11/h1-4H,5-8,13H2. The topological polar surface area (TPSA) is 35.2 Å². The molecule has 0 bridgehead atoms. The molecular weight excluding hydrogens is 242 g/mol. The number of benzene rings is 1. The molecule has 14 heavy (non-hydrogen) atoms. The predicted molar refractivity (Wildman–Crippen MR) is 60.2 cm³/mol. The van der Waals surface area contributed by atoms with Crippen LogP contribution in [0.3, 0.4) is 0 Å². The van der Waals surface area contributed by atoms with E-state index in [1.807, 2.05) is 6.07 Å². The molecule has 0 atom stereocenters. The largest absolute Gasteiger partial charge is 0.380 e. The molecule has 1 saturated heterocycles. The van der Waals surface area contributed by atoms with Crippen molar-refractivity contribution < 1.29 is 4.74 Å². The van der Waals surface area contributed by atoms with Gasteiger partial charge in [-0.25, -0.2) is 0 Å². The van der Waals surface area contributed by atoms with E-state index >= 15 is 0 Å². The number of nitrogens with two attached hydrogens (primary N) is 1. The Morgan fingerprint density at radius 1 is 1.36 bits per heavy atom. The summed E-state index contributed by atoms with van der Waals surface area (Å²) in [6, 6.07) is 8.29. The lowest BCUT2D eigenvalue weighted by Gasteiger charge is -2.40. The first-order valence-electron chi connectivity index (χ1n) is 4.77. The number of ether oxygens (including phenoxy) is 1. The van der Waals surface area contributed by atoms with Gasteiger partial charge in [0.25, 0.3) is 0 Å². The van der Waals surface area contributed by atoms with E-state index < -0.39 is 0 Å². The van der Waals surface area contributed by atoms with E-state index in [4.69, 9.17) is 10.5 Å². The van der Waals surface area contributed by atoms with Gasteiger partial charge in [0.2, 0.25) is 0 Å². The summed E-state index contributed by atoms with van der Waals surface area (Å²) in [4.78, 5) is 0. The van der Waals surface area contributed by atoms with Gasteiger partial charge in [-0.05, 0) is 18.1 Å². The molecular formula is C11H14BrNO. The van der Waals surface area contributed by atoms with E-state index in [2.05, 4.69) is 34.1 Å². The molecule has 2 rings (SSSR count). The molecule has 3 heteroatoms. The molecule has 2 N–H and O–H groups in total. The molecule has 0 radical (unpaired) electrons. The summed E-state index contributed by atoms with van der Waals surface area (Å²) in [6.45, 7) is 2.30. The molecule has 2 nitrogen and oxygen atoms in total. The number of halogens is 1. The van der Waals surface area contributed by atoms with Crippen LogP contribution in [0.15, 0.2) is 28.7 Å². The Morgan fingerprint density at radius 3 is 2.57 bits per heavy atom. The smallest absolute Gasteiger partial charge is 0.0560 e. The zero-order valence-corrected chi connectivity index (χ0v) is 9.59. The van der Waals surface area contributed by atoms with Crippen molar-refractivity contribution in [1.82, 2.24) is 0 Å². The molecule has 0 amide bonds. The molecule has 1 aliphatic rings. The summed E-state index contributed by atoms with van der Waals surface area (Å²) in [6.07, 6.45) is 1.00. The minimum atomic E-state index is 0.184. The first-order valence-corrected chi connectivity index (χ1v) is 5.56. The van der Waals surface area contributed by atoms with Crippen molar-refractivity contribution >= 4 is 15.9 Å². The van der Waals surface area contributed by atoms with Crippen molar-refractivity contribution in [3.05, 3.63) is 34.3 Å². The number of rotatable bonds is 3.